The number of hydrogen-bond acceptors (Lipinski definition) is 3. The van der Waals surface area contributed by atoms with Crippen molar-refractivity contribution >= 4 is 12.0 Å². The van der Waals surface area contributed by atoms with Crippen molar-refractivity contribution in [2.45, 2.75) is 75.8 Å². The van der Waals surface area contributed by atoms with Crippen molar-refractivity contribution in [1.82, 2.24) is 10.2 Å². The fraction of sp³-hybridized carbons (Fsp3) is 0.531. The van der Waals surface area contributed by atoms with Crippen molar-refractivity contribution in [2.24, 2.45) is 16.4 Å². The molecule has 1 heterocycles. The molecule has 1 saturated carbocycles. The first-order chi connectivity index (χ1) is 20.8. The van der Waals surface area contributed by atoms with E-state index < -0.39 is 41.3 Å². The highest BCUT2D eigenvalue weighted by Gasteiger charge is 2.49. The van der Waals surface area contributed by atoms with Crippen LogP contribution in [0, 0.1) is 11.3 Å². The third-order valence-electron chi connectivity index (χ3n) is 9.88. The molecule has 1 aliphatic heterocycles. The smallest absolute Gasteiger partial charge is 0.352 e. The summed E-state index contributed by atoms with van der Waals surface area (Å²) in [6.07, 6.45) is -1.89. The van der Waals surface area contributed by atoms with Gasteiger partial charge in [-0.1, -0.05) is 48.5 Å². The third-order valence-corrected chi connectivity index (χ3v) is 9.88. The molecule has 2 unspecified atom stereocenters. The summed E-state index contributed by atoms with van der Waals surface area (Å²) in [6, 6.07) is 9.89. The van der Waals surface area contributed by atoms with Crippen molar-refractivity contribution < 1.29 is 31.1 Å². The molecule has 44 heavy (non-hydrogen) atoms. The molecule has 2 aromatic carbocycles. The van der Waals surface area contributed by atoms with E-state index in [-0.39, 0.29) is 29.6 Å². The van der Waals surface area contributed by atoms with Crippen LogP contribution in [0.1, 0.15) is 73.3 Å². The lowest BCUT2D eigenvalue weighted by molar-refractivity contribution is -0.143. The van der Waals surface area contributed by atoms with E-state index in [1.54, 1.807) is 0 Å². The highest BCUT2D eigenvalue weighted by molar-refractivity contribution is 5.83. The van der Waals surface area contributed by atoms with Crippen LogP contribution in [0.5, 0.6) is 0 Å². The van der Waals surface area contributed by atoms with Gasteiger partial charge in [0.2, 0.25) is 5.91 Å². The number of carbonyl (C=O) groups is 1. The molecule has 0 bridgehead atoms. The molecule has 2 aromatic rings. The first kappa shape index (κ1) is 31.9. The number of fused-ring (bicyclic) bond motifs is 2. The normalized spacial score (nSPS) is 26.9. The molecule has 1 N–H and O–H groups in total. The van der Waals surface area contributed by atoms with Gasteiger partial charge in [0.05, 0.1) is 16.5 Å². The van der Waals surface area contributed by atoms with Gasteiger partial charge >= 0.3 is 12.4 Å². The zero-order valence-electron chi connectivity index (χ0n) is 24.4. The Balaban J connectivity index is 1.30. The molecule has 1 spiro atoms. The van der Waals surface area contributed by atoms with Gasteiger partial charge in [0.1, 0.15) is 0 Å². The maximum Gasteiger partial charge on any atom is 0.416 e. The standard InChI is InChI=1S/C32H35F6N5O/c1-21-20-43(14-12-30(21)11-7-23-5-2-3-6-27(23)30)26-8-10-29(18-26,9-4-13-41-42-39)28(44)40-19-22-15-24(31(33,34)35)17-25(16-22)32(36,37)38/h2-3,5-7,11,15-17,21,26H,4,8-10,12-14,18-20H2,1H3,(H,40,44)/t21-,26?,29?,30-/m0/s1. The Kier molecular flexibility index (Phi) is 8.79. The molecule has 3 aliphatic rings. The molecule has 6 nitrogen and oxygen atoms in total. The molecule has 4 atom stereocenters. The number of benzene rings is 2. The fourth-order valence-corrected chi connectivity index (χ4v) is 7.54. The van der Waals surface area contributed by atoms with Gasteiger partial charge in [-0.3, -0.25) is 9.69 Å². The van der Waals surface area contributed by atoms with Gasteiger partial charge in [0, 0.05) is 36.0 Å². The van der Waals surface area contributed by atoms with E-state index in [4.69, 9.17) is 5.53 Å². The second kappa shape index (κ2) is 12.1. The van der Waals surface area contributed by atoms with E-state index in [0.29, 0.717) is 43.7 Å². The zero-order valence-corrected chi connectivity index (χ0v) is 24.4. The van der Waals surface area contributed by atoms with Gasteiger partial charge in [0.25, 0.3) is 0 Å². The molecule has 2 fully saturated rings. The lowest BCUT2D eigenvalue weighted by atomic mass is 9.67. The minimum absolute atomic E-state index is 0.0321. The third kappa shape index (κ3) is 6.33. The number of allylic oxidation sites excluding steroid dienone is 1. The van der Waals surface area contributed by atoms with Crippen molar-refractivity contribution in [1.29, 1.82) is 0 Å². The summed E-state index contributed by atoms with van der Waals surface area (Å²) in [4.78, 5) is 18.9. The number of alkyl halides is 6. The number of nitrogens with one attached hydrogen (secondary N) is 1. The van der Waals surface area contributed by atoms with E-state index in [9.17, 15) is 31.1 Å². The summed E-state index contributed by atoms with van der Waals surface area (Å²) in [5.41, 5.74) is 7.26. The predicted molar refractivity (Wildman–Crippen MR) is 154 cm³/mol. The summed E-state index contributed by atoms with van der Waals surface area (Å²) >= 11 is 0. The van der Waals surface area contributed by atoms with Crippen LogP contribution in [0.15, 0.2) is 53.7 Å². The quantitative estimate of drug-likeness (QED) is 0.106. The topological polar surface area (TPSA) is 81.1 Å². The van der Waals surface area contributed by atoms with Gasteiger partial charge in [0.15, 0.2) is 0 Å². The summed E-state index contributed by atoms with van der Waals surface area (Å²) in [7, 11) is 0. The second-order valence-corrected chi connectivity index (χ2v) is 12.4. The van der Waals surface area contributed by atoms with Gasteiger partial charge in [-0.25, -0.2) is 0 Å². The number of carbonyl (C=O) groups excluding carboxylic acids is 1. The first-order valence-electron chi connectivity index (χ1n) is 14.9. The highest BCUT2D eigenvalue weighted by Crippen LogP contribution is 2.50. The van der Waals surface area contributed by atoms with E-state index in [1.807, 2.05) is 6.07 Å². The molecule has 2 aliphatic carbocycles. The molecular weight excluding hydrogens is 584 g/mol. The molecular formula is C32H35F6N5O. The monoisotopic (exact) mass is 619 g/mol. The molecule has 236 valence electrons. The SMILES string of the molecule is C[C@H]1CN(C2CCC(CCCN=[N+]=[N-])(C(=O)NCc3cc(C(F)(F)F)cc(C(F)(F)F)c3)C2)CC[C@@]12C=Cc1ccccc12. The van der Waals surface area contributed by atoms with Gasteiger partial charge in [-0.05, 0) is 91.4 Å². The number of rotatable bonds is 8. The van der Waals surface area contributed by atoms with E-state index in [0.717, 1.165) is 25.9 Å². The average Bonchev–Trinajstić information content (AvgIpc) is 3.58. The summed E-state index contributed by atoms with van der Waals surface area (Å²) in [5.74, 6) is -0.0743. The van der Waals surface area contributed by atoms with Crippen LogP contribution in [0.3, 0.4) is 0 Å². The molecule has 12 heteroatoms. The Morgan fingerprint density at radius 3 is 2.45 bits per heavy atom. The van der Waals surface area contributed by atoms with Crippen molar-refractivity contribution in [3.63, 3.8) is 0 Å². The van der Waals surface area contributed by atoms with Gasteiger partial charge in [-0.15, -0.1) is 0 Å². The Labute approximate surface area is 252 Å². The number of azide groups is 1. The Morgan fingerprint density at radius 2 is 1.80 bits per heavy atom. The molecule has 0 aromatic heterocycles. The van der Waals surface area contributed by atoms with Crippen LogP contribution in [0.4, 0.5) is 26.3 Å². The second-order valence-electron chi connectivity index (χ2n) is 12.4. The lowest BCUT2D eigenvalue weighted by Crippen LogP contribution is -2.51. The number of nitrogens with zero attached hydrogens (tertiary/aromatic N) is 4. The lowest BCUT2D eigenvalue weighted by Gasteiger charge is -2.46. The van der Waals surface area contributed by atoms with Crippen LogP contribution in [-0.4, -0.2) is 36.5 Å². The largest absolute Gasteiger partial charge is 0.416 e. The summed E-state index contributed by atoms with van der Waals surface area (Å²) < 4.78 is 80.2. The first-order valence-corrected chi connectivity index (χ1v) is 14.9. The minimum atomic E-state index is -4.97. The average molecular weight is 620 g/mol. The number of hydrogen-bond donors (Lipinski definition) is 1. The van der Waals surface area contributed by atoms with Crippen molar-refractivity contribution in [2.75, 3.05) is 19.6 Å². The van der Waals surface area contributed by atoms with Crippen LogP contribution < -0.4 is 5.32 Å². The van der Waals surface area contributed by atoms with Crippen molar-refractivity contribution in [3.8, 4) is 0 Å². The molecule has 0 radical (unpaired) electrons. The summed E-state index contributed by atoms with van der Waals surface area (Å²) in [6.45, 7) is 3.65. The Hall–Kier alpha value is -3.50. The van der Waals surface area contributed by atoms with E-state index >= 15 is 0 Å². The zero-order chi connectivity index (χ0) is 31.8. The maximum absolute atomic E-state index is 13.7. The van der Waals surface area contributed by atoms with E-state index in [1.165, 1.54) is 11.1 Å². The number of piperidine rings is 1. The van der Waals surface area contributed by atoms with Crippen LogP contribution in [0.25, 0.3) is 16.5 Å². The highest BCUT2D eigenvalue weighted by atomic mass is 19.4. The molecule has 5 rings (SSSR count). The van der Waals surface area contributed by atoms with Crippen LogP contribution in [-0.2, 0) is 29.1 Å². The predicted octanol–water partition coefficient (Wildman–Crippen LogP) is 8.28. The molecule has 1 saturated heterocycles. The minimum Gasteiger partial charge on any atom is -0.352 e. The maximum atomic E-state index is 13.7. The van der Waals surface area contributed by atoms with Gasteiger partial charge in [-0.2, -0.15) is 26.3 Å². The fourth-order valence-electron chi connectivity index (χ4n) is 7.54. The van der Waals surface area contributed by atoms with Crippen LogP contribution in [0.2, 0.25) is 0 Å². The summed E-state index contributed by atoms with van der Waals surface area (Å²) in [5, 5.41) is 6.24. The van der Waals surface area contributed by atoms with Gasteiger partial charge < -0.3 is 5.32 Å². The van der Waals surface area contributed by atoms with Crippen LogP contribution >= 0.6 is 0 Å². The number of halogens is 6. The molecule has 1 amide bonds. The number of likely N-dealkylation sites (tertiary alicyclic amines) is 1. The number of amides is 1. The Bertz CT molecular complexity index is 1430. The van der Waals surface area contributed by atoms with Crippen molar-refractivity contribution in [3.05, 3.63) is 86.8 Å². The van der Waals surface area contributed by atoms with E-state index in [2.05, 4.69) is 57.5 Å². The Morgan fingerprint density at radius 1 is 1.09 bits per heavy atom.